The minimum absolute atomic E-state index is 0.00279. The van der Waals surface area contributed by atoms with E-state index >= 15 is 0 Å². The average molecular weight is 515 g/mol. The zero-order valence-corrected chi connectivity index (χ0v) is 22.7. The van der Waals surface area contributed by atoms with E-state index in [-0.39, 0.29) is 17.5 Å². The van der Waals surface area contributed by atoms with Crippen molar-refractivity contribution < 1.29 is 9.53 Å². The highest BCUT2D eigenvalue weighted by atomic mass is 16.5. The van der Waals surface area contributed by atoms with E-state index in [0.29, 0.717) is 16.9 Å². The maximum Gasteiger partial charge on any atom is 0.253 e. The minimum Gasteiger partial charge on any atom is -0.497 e. The van der Waals surface area contributed by atoms with Crippen molar-refractivity contribution in [1.29, 1.82) is 5.26 Å². The van der Waals surface area contributed by atoms with Crippen LogP contribution in [0.1, 0.15) is 30.9 Å². The van der Waals surface area contributed by atoms with Crippen LogP contribution in [0.5, 0.6) is 5.75 Å². The molecule has 0 saturated carbocycles. The van der Waals surface area contributed by atoms with Gasteiger partial charge in [-0.25, -0.2) is 0 Å². The number of ether oxygens (including phenoxy) is 1. The first kappa shape index (κ1) is 25.5. The van der Waals surface area contributed by atoms with Crippen molar-refractivity contribution in [3.05, 3.63) is 51.8 Å². The molecule has 0 aliphatic carbocycles. The largest absolute Gasteiger partial charge is 0.497 e. The van der Waals surface area contributed by atoms with Crippen LogP contribution in [-0.4, -0.2) is 56.9 Å². The molecule has 9 nitrogen and oxygen atoms in total. The molecule has 2 aliphatic heterocycles. The Labute approximate surface area is 222 Å². The molecule has 1 fully saturated rings. The number of nitrogens with zero attached hydrogens (tertiary/aromatic N) is 5. The van der Waals surface area contributed by atoms with Gasteiger partial charge in [0.2, 0.25) is 5.91 Å². The molecule has 3 heterocycles. The predicted octanol–water partition coefficient (Wildman–Crippen LogP) is 3.42. The first-order valence-electron chi connectivity index (χ1n) is 13.0. The summed E-state index contributed by atoms with van der Waals surface area (Å²) in [5, 5.41) is 14.2. The topological polar surface area (TPSA) is 93.8 Å². The van der Waals surface area contributed by atoms with Crippen molar-refractivity contribution in [2.45, 2.75) is 32.7 Å². The van der Waals surface area contributed by atoms with E-state index in [2.05, 4.69) is 39.2 Å². The maximum absolute atomic E-state index is 12.7. The fourth-order valence-electron chi connectivity index (χ4n) is 5.75. The molecule has 2 aromatic carbocycles. The number of aromatic nitrogens is 1. The van der Waals surface area contributed by atoms with Crippen LogP contribution in [0.25, 0.3) is 10.9 Å². The second-order valence-corrected chi connectivity index (χ2v) is 10.3. The van der Waals surface area contributed by atoms with E-state index in [1.807, 2.05) is 31.2 Å². The average Bonchev–Trinajstić information content (AvgIpc) is 2.91. The number of fused-ring (bicyclic) bond motifs is 2. The number of anilines is 4. The number of nitrogens with one attached hydrogen (secondary N) is 1. The standard InChI is InChI=1S/C29H34N6O3/c1-18-12-23-25(33(4)29(18)37)14-22(38-5)15-26(23)35-11-10-32(3)27-16-24(20(17-30)13-28(27)35)34-8-6-21(7-9-34)31-19(2)36/h12-16,21H,6-11H2,1-5H3,(H,31,36). The molecular weight excluding hydrogens is 480 g/mol. The minimum atomic E-state index is -0.0332. The number of piperidine rings is 1. The Bertz CT molecular complexity index is 1510. The Morgan fingerprint density at radius 1 is 1.00 bits per heavy atom. The Kier molecular flexibility index (Phi) is 6.66. The number of aryl methyl sites for hydroxylation is 2. The van der Waals surface area contributed by atoms with Crippen LogP contribution in [0.4, 0.5) is 22.7 Å². The first-order chi connectivity index (χ1) is 18.2. The normalized spacial score (nSPS) is 15.8. The first-order valence-corrected chi connectivity index (χ1v) is 13.0. The van der Waals surface area contributed by atoms with Gasteiger partial charge in [-0.15, -0.1) is 0 Å². The predicted molar refractivity (Wildman–Crippen MR) is 151 cm³/mol. The quantitative estimate of drug-likeness (QED) is 0.570. The van der Waals surface area contributed by atoms with E-state index in [9.17, 15) is 14.9 Å². The molecule has 198 valence electrons. The summed E-state index contributed by atoms with van der Waals surface area (Å²) in [6, 6.07) is 12.6. The van der Waals surface area contributed by atoms with E-state index in [1.54, 1.807) is 25.6 Å². The van der Waals surface area contributed by atoms with Gasteiger partial charge in [0.05, 0.1) is 40.9 Å². The van der Waals surface area contributed by atoms with Crippen LogP contribution < -0.4 is 30.3 Å². The number of nitriles is 1. The summed E-state index contributed by atoms with van der Waals surface area (Å²) in [6.45, 7) is 6.46. The Hall–Kier alpha value is -4.19. The van der Waals surface area contributed by atoms with E-state index in [0.717, 1.165) is 72.7 Å². The van der Waals surface area contributed by atoms with Gasteiger partial charge >= 0.3 is 0 Å². The summed E-state index contributed by atoms with van der Waals surface area (Å²) in [7, 11) is 5.49. The lowest BCUT2D eigenvalue weighted by Crippen LogP contribution is -2.44. The molecule has 0 radical (unpaired) electrons. The zero-order valence-electron chi connectivity index (χ0n) is 22.7. The van der Waals surface area contributed by atoms with Gasteiger partial charge in [-0.1, -0.05) is 0 Å². The van der Waals surface area contributed by atoms with Crippen LogP contribution in [-0.2, 0) is 11.8 Å². The number of hydrogen-bond donors (Lipinski definition) is 1. The fourth-order valence-corrected chi connectivity index (χ4v) is 5.75. The lowest BCUT2D eigenvalue weighted by atomic mass is 10.0. The molecule has 3 aromatic rings. The zero-order chi connectivity index (χ0) is 27.1. The summed E-state index contributed by atoms with van der Waals surface area (Å²) in [5.74, 6) is 0.669. The molecule has 0 unspecified atom stereocenters. The van der Waals surface area contributed by atoms with Crippen molar-refractivity contribution in [2.24, 2.45) is 7.05 Å². The van der Waals surface area contributed by atoms with Gasteiger partial charge in [0.1, 0.15) is 11.8 Å². The van der Waals surface area contributed by atoms with Crippen LogP contribution in [0.15, 0.2) is 35.1 Å². The van der Waals surface area contributed by atoms with Gasteiger partial charge in [-0.05, 0) is 38.0 Å². The third-order valence-electron chi connectivity index (χ3n) is 7.82. The highest BCUT2D eigenvalue weighted by Gasteiger charge is 2.29. The van der Waals surface area contributed by atoms with Crippen LogP contribution in [0.2, 0.25) is 0 Å². The van der Waals surface area contributed by atoms with Gasteiger partial charge in [-0.2, -0.15) is 5.26 Å². The molecule has 0 atom stereocenters. The van der Waals surface area contributed by atoms with Gasteiger partial charge < -0.3 is 29.3 Å². The van der Waals surface area contributed by atoms with Crippen molar-refractivity contribution >= 4 is 39.6 Å². The monoisotopic (exact) mass is 514 g/mol. The van der Waals surface area contributed by atoms with E-state index < -0.39 is 0 Å². The van der Waals surface area contributed by atoms with Crippen molar-refractivity contribution in [2.75, 3.05) is 55.0 Å². The number of carbonyl (C=O) groups is 1. The van der Waals surface area contributed by atoms with Gasteiger partial charge in [0.15, 0.2) is 0 Å². The number of carbonyl (C=O) groups excluding carboxylic acids is 1. The highest BCUT2D eigenvalue weighted by molar-refractivity contribution is 5.98. The smallest absolute Gasteiger partial charge is 0.253 e. The number of hydrogen-bond acceptors (Lipinski definition) is 7. The van der Waals surface area contributed by atoms with Crippen LogP contribution in [0.3, 0.4) is 0 Å². The molecule has 1 aromatic heterocycles. The fraction of sp³-hybridized carbons (Fsp3) is 0.414. The molecule has 5 rings (SSSR count). The molecule has 1 N–H and O–H groups in total. The number of rotatable bonds is 4. The molecule has 38 heavy (non-hydrogen) atoms. The Morgan fingerprint density at radius 3 is 2.39 bits per heavy atom. The molecule has 9 heteroatoms. The maximum atomic E-state index is 12.7. The Morgan fingerprint density at radius 2 is 1.74 bits per heavy atom. The number of benzene rings is 2. The summed E-state index contributed by atoms with van der Waals surface area (Å²) >= 11 is 0. The molecule has 0 spiro atoms. The van der Waals surface area contributed by atoms with Crippen LogP contribution in [0, 0.1) is 18.3 Å². The summed E-state index contributed by atoms with van der Waals surface area (Å²) in [6.07, 6.45) is 1.69. The lowest BCUT2D eigenvalue weighted by molar-refractivity contribution is -0.119. The number of methoxy groups -OCH3 is 1. The molecule has 1 saturated heterocycles. The molecular formula is C29H34N6O3. The van der Waals surface area contributed by atoms with Gasteiger partial charge in [0.25, 0.3) is 5.56 Å². The van der Waals surface area contributed by atoms with Crippen molar-refractivity contribution in [3.8, 4) is 11.8 Å². The molecule has 1 amide bonds. The van der Waals surface area contributed by atoms with Gasteiger partial charge in [0, 0.05) is 76.3 Å². The molecule has 2 aliphatic rings. The van der Waals surface area contributed by atoms with E-state index in [4.69, 9.17) is 4.74 Å². The Balaban J connectivity index is 1.61. The number of amides is 1. The third-order valence-corrected chi connectivity index (χ3v) is 7.82. The second kappa shape index (κ2) is 9.93. The number of likely N-dealkylation sites (N-methyl/N-ethyl adjacent to an activating group) is 1. The molecule has 0 bridgehead atoms. The van der Waals surface area contributed by atoms with Gasteiger partial charge in [-0.3, -0.25) is 9.59 Å². The highest BCUT2D eigenvalue weighted by Crippen LogP contribution is 2.44. The summed E-state index contributed by atoms with van der Waals surface area (Å²) in [4.78, 5) is 30.9. The SMILES string of the molecule is COc1cc(N2CCN(C)c3cc(N4CCC(NC(C)=O)CC4)c(C#N)cc32)c2cc(C)c(=O)n(C)c2c1. The van der Waals surface area contributed by atoms with Crippen LogP contribution >= 0.6 is 0 Å². The number of pyridine rings is 1. The van der Waals surface area contributed by atoms with E-state index in [1.165, 1.54) is 0 Å². The summed E-state index contributed by atoms with van der Waals surface area (Å²) in [5.41, 5.74) is 5.94. The third kappa shape index (κ3) is 4.40. The second-order valence-electron chi connectivity index (χ2n) is 10.3. The lowest BCUT2D eigenvalue weighted by Gasteiger charge is -2.40. The summed E-state index contributed by atoms with van der Waals surface area (Å²) < 4.78 is 7.29. The van der Waals surface area contributed by atoms with Crippen molar-refractivity contribution in [3.63, 3.8) is 0 Å². The van der Waals surface area contributed by atoms with Crippen molar-refractivity contribution in [1.82, 2.24) is 9.88 Å².